The molecule has 0 fully saturated rings. The van der Waals surface area contributed by atoms with E-state index in [1.165, 1.54) is 6.92 Å². The van der Waals surface area contributed by atoms with Crippen molar-refractivity contribution >= 4 is 11.5 Å². The Labute approximate surface area is 118 Å². The highest BCUT2D eigenvalue weighted by Crippen LogP contribution is 2.32. The van der Waals surface area contributed by atoms with E-state index in [0.717, 1.165) is 16.8 Å². The molecule has 0 bridgehead atoms. The molecule has 3 rings (SSSR count). The second-order valence-corrected chi connectivity index (χ2v) is 4.98. The number of nitrogens with one attached hydrogen (secondary N) is 1. The molecular formula is C14H12F3N3O+. The van der Waals surface area contributed by atoms with Crippen molar-refractivity contribution in [3.8, 4) is 0 Å². The van der Waals surface area contributed by atoms with Gasteiger partial charge in [-0.1, -0.05) is 29.7 Å². The number of hydrazine groups is 1. The molecule has 1 atom stereocenters. The number of carbonyl (C=O) groups is 1. The number of hydrogen-bond acceptors (Lipinski definition) is 4. The van der Waals surface area contributed by atoms with Gasteiger partial charge < -0.3 is 0 Å². The molecule has 0 aromatic heterocycles. The third kappa shape index (κ3) is 2.50. The molecule has 0 amide bonds. The SMILES string of the molecule is CC1=CC(C(F)(F)F)=N[N+]1NC1CC(=O)c2ccccc21. The van der Waals surface area contributed by atoms with Gasteiger partial charge in [0.2, 0.25) is 11.4 Å². The summed E-state index contributed by atoms with van der Waals surface area (Å²) in [6.07, 6.45) is -3.31. The molecule has 109 valence electrons. The average molecular weight is 295 g/mol. The lowest BCUT2D eigenvalue weighted by atomic mass is 10.1. The van der Waals surface area contributed by atoms with Gasteiger partial charge >= 0.3 is 6.18 Å². The quantitative estimate of drug-likeness (QED) is 0.853. The van der Waals surface area contributed by atoms with Crippen molar-refractivity contribution in [3.05, 3.63) is 47.2 Å². The lowest BCUT2D eigenvalue weighted by Crippen LogP contribution is -2.38. The van der Waals surface area contributed by atoms with Crippen molar-refractivity contribution in [2.75, 3.05) is 0 Å². The number of Topliss-reactive ketones (excluding diaryl/α,β-unsaturated/α-hetero) is 1. The average Bonchev–Trinajstić information content (AvgIpc) is 2.93. The van der Waals surface area contributed by atoms with Gasteiger partial charge in [-0.3, -0.25) is 4.79 Å². The van der Waals surface area contributed by atoms with E-state index in [9.17, 15) is 18.0 Å². The summed E-state index contributed by atoms with van der Waals surface area (Å²) in [5, 5.41) is 4.60. The molecule has 1 aromatic carbocycles. The minimum absolute atomic E-state index is 0.0241. The number of fused-ring (bicyclic) bond motifs is 1. The molecular weight excluding hydrogens is 283 g/mol. The molecule has 1 aliphatic carbocycles. The molecule has 2 aliphatic rings. The predicted octanol–water partition coefficient (Wildman–Crippen LogP) is 2.79. The number of allylic oxidation sites excluding steroid dienone is 2. The number of rotatable bonds is 2. The topological polar surface area (TPSA) is 47.4 Å². The number of nitrogens with zero attached hydrogens (tertiary/aromatic N) is 2. The molecule has 1 radical (unpaired) electrons. The maximum atomic E-state index is 12.6. The number of ketones is 1. The zero-order chi connectivity index (χ0) is 15.2. The number of carbonyl (C=O) groups excluding carboxylic acids is 1. The molecule has 0 spiro atoms. The molecule has 1 aromatic rings. The van der Waals surface area contributed by atoms with Gasteiger partial charge in [0.05, 0.1) is 11.2 Å². The fourth-order valence-corrected chi connectivity index (χ4v) is 2.47. The summed E-state index contributed by atoms with van der Waals surface area (Å²) in [6.45, 7) is 1.53. The predicted molar refractivity (Wildman–Crippen MR) is 70.6 cm³/mol. The van der Waals surface area contributed by atoms with E-state index in [-0.39, 0.29) is 18.2 Å². The first-order valence-electron chi connectivity index (χ1n) is 6.39. The lowest BCUT2D eigenvalue weighted by Gasteiger charge is -2.10. The first kappa shape index (κ1) is 14.0. The Kier molecular flexibility index (Phi) is 3.18. The normalized spacial score (nSPS) is 22.3. The summed E-state index contributed by atoms with van der Waals surface area (Å²) in [5.74, 6) is -0.0241. The van der Waals surface area contributed by atoms with Crippen LogP contribution in [-0.2, 0) is 0 Å². The molecule has 1 N–H and O–H groups in total. The summed E-state index contributed by atoms with van der Waals surface area (Å²) in [4.78, 5) is 11.9. The first-order valence-corrected chi connectivity index (χ1v) is 6.39. The molecule has 0 saturated heterocycles. The third-order valence-corrected chi connectivity index (χ3v) is 3.48. The van der Waals surface area contributed by atoms with Gasteiger partial charge in [0, 0.05) is 30.1 Å². The van der Waals surface area contributed by atoms with Gasteiger partial charge in [0.25, 0.3) is 0 Å². The molecule has 7 heteroatoms. The molecule has 4 nitrogen and oxygen atoms in total. The molecule has 1 unspecified atom stereocenters. The largest absolute Gasteiger partial charge is 0.439 e. The maximum absolute atomic E-state index is 12.6. The fraction of sp³-hybridized carbons (Fsp3) is 0.286. The highest BCUT2D eigenvalue weighted by molar-refractivity contribution is 6.02. The maximum Gasteiger partial charge on any atom is 0.439 e. The zero-order valence-electron chi connectivity index (χ0n) is 11.1. The van der Waals surface area contributed by atoms with Crippen LogP contribution in [-0.4, -0.2) is 17.7 Å². The Morgan fingerprint density at radius 1 is 1.33 bits per heavy atom. The molecule has 21 heavy (non-hydrogen) atoms. The van der Waals surface area contributed by atoms with Crippen LogP contribution in [0, 0.1) is 0 Å². The monoisotopic (exact) mass is 295 g/mol. The van der Waals surface area contributed by atoms with Gasteiger partial charge in [-0.2, -0.15) is 13.2 Å². The van der Waals surface area contributed by atoms with E-state index in [2.05, 4.69) is 10.5 Å². The van der Waals surface area contributed by atoms with Crippen molar-refractivity contribution in [1.29, 1.82) is 0 Å². The first-order chi connectivity index (χ1) is 9.86. The Hall–Kier alpha value is -1.99. The number of hydrazone groups is 1. The highest BCUT2D eigenvalue weighted by atomic mass is 19.4. The van der Waals surface area contributed by atoms with E-state index in [1.807, 2.05) is 0 Å². The van der Waals surface area contributed by atoms with Crippen LogP contribution in [0.4, 0.5) is 13.2 Å². The smallest absolute Gasteiger partial charge is 0.294 e. The van der Waals surface area contributed by atoms with Crippen LogP contribution in [0.3, 0.4) is 0 Å². The van der Waals surface area contributed by atoms with Gasteiger partial charge in [0.15, 0.2) is 5.78 Å². The molecule has 0 saturated carbocycles. The zero-order valence-corrected chi connectivity index (χ0v) is 11.1. The summed E-state index contributed by atoms with van der Waals surface area (Å²) in [6, 6.07) is 6.70. The number of alkyl halides is 3. The standard InChI is InChI=1S/C14H12F3N3O/c1-8-6-13(14(15,16)17)19-20(8)18-11-7-12(21)10-5-3-2-4-9(10)11/h2-6,11,18H,7H2,1H3/q+1. The lowest BCUT2D eigenvalue weighted by molar-refractivity contribution is -0.0581. The van der Waals surface area contributed by atoms with E-state index < -0.39 is 11.9 Å². The van der Waals surface area contributed by atoms with E-state index >= 15 is 0 Å². The fourth-order valence-electron chi connectivity index (χ4n) is 2.47. The summed E-state index contributed by atoms with van der Waals surface area (Å²) in [7, 11) is 0. The van der Waals surface area contributed by atoms with Gasteiger partial charge in [-0.05, 0) is 5.56 Å². The minimum atomic E-state index is -4.49. The highest BCUT2D eigenvalue weighted by Gasteiger charge is 2.45. The van der Waals surface area contributed by atoms with Gasteiger partial charge in [-0.25, -0.2) is 0 Å². The van der Waals surface area contributed by atoms with Gasteiger partial charge in [-0.15, -0.1) is 0 Å². The van der Waals surface area contributed by atoms with Crippen LogP contribution in [0.2, 0.25) is 0 Å². The Bertz CT molecular complexity index is 664. The van der Waals surface area contributed by atoms with Gasteiger partial charge in [0.1, 0.15) is 0 Å². The van der Waals surface area contributed by atoms with E-state index in [1.54, 1.807) is 24.3 Å². The van der Waals surface area contributed by atoms with Crippen LogP contribution in [0.15, 0.2) is 41.1 Å². The molecule has 1 aliphatic heterocycles. The van der Waals surface area contributed by atoms with Crippen molar-refractivity contribution < 1.29 is 18.0 Å². The summed E-state index contributed by atoms with van der Waals surface area (Å²) >= 11 is 0. The van der Waals surface area contributed by atoms with Crippen molar-refractivity contribution in [2.45, 2.75) is 25.6 Å². The van der Waals surface area contributed by atoms with Crippen LogP contribution in [0.5, 0.6) is 0 Å². The summed E-state index contributed by atoms with van der Waals surface area (Å²) in [5.41, 5.74) is 3.64. The number of hydrogen-bond donors (Lipinski definition) is 1. The minimum Gasteiger partial charge on any atom is -0.294 e. The Morgan fingerprint density at radius 2 is 2.05 bits per heavy atom. The van der Waals surface area contributed by atoms with Crippen LogP contribution in [0.25, 0.3) is 0 Å². The van der Waals surface area contributed by atoms with Crippen LogP contribution in [0.1, 0.15) is 35.3 Å². The van der Waals surface area contributed by atoms with E-state index in [0.29, 0.717) is 11.3 Å². The van der Waals surface area contributed by atoms with Crippen LogP contribution < -0.4 is 10.5 Å². The van der Waals surface area contributed by atoms with Crippen molar-refractivity contribution in [1.82, 2.24) is 10.5 Å². The summed E-state index contributed by atoms with van der Waals surface area (Å²) < 4.78 is 37.9. The Morgan fingerprint density at radius 3 is 2.71 bits per heavy atom. The van der Waals surface area contributed by atoms with Crippen molar-refractivity contribution in [3.63, 3.8) is 0 Å². The van der Waals surface area contributed by atoms with E-state index in [4.69, 9.17) is 0 Å². The van der Waals surface area contributed by atoms with Crippen LogP contribution >= 0.6 is 0 Å². The molecule has 1 heterocycles. The van der Waals surface area contributed by atoms with Crippen molar-refractivity contribution in [2.24, 2.45) is 5.10 Å². The second-order valence-electron chi connectivity index (χ2n) is 4.98. The Balaban J connectivity index is 1.82. The second kappa shape index (κ2) is 4.78. The number of benzene rings is 1. The third-order valence-electron chi connectivity index (χ3n) is 3.48. The number of halogens is 3.